The second-order valence-corrected chi connectivity index (χ2v) is 7.09. The van der Waals surface area contributed by atoms with E-state index in [1.807, 2.05) is 53.1 Å². The van der Waals surface area contributed by atoms with Crippen molar-refractivity contribution in [2.75, 3.05) is 7.11 Å². The van der Waals surface area contributed by atoms with Gasteiger partial charge >= 0.3 is 5.97 Å². The fourth-order valence-electron chi connectivity index (χ4n) is 3.81. The zero-order valence-corrected chi connectivity index (χ0v) is 16.2. The van der Waals surface area contributed by atoms with Gasteiger partial charge in [-0.05, 0) is 23.8 Å². The molecule has 148 valence electrons. The number of aromatic nitrogens is 4. The van der Waals surface area contributed by atoms with E-state index in [0.717, 1.165) is 33.8 Å². The van der Waals surface area contributed by atoms with Crippen molar-refractivity contribution in [2.24, 2.45) is 0 Å². The van der Waals surface area contributed by atoms with Crippen LogP contribution in [0.1, 0.15) is 33.1 Å². The summed E-state index contributed by atoms with van der Waals surface area (Å²) in [4.78, 5) is 25.2. The lowest BCUT2D eigenvalue weighted by molar-refractivity contribution is 0.0690. The van der Waals surface area contributed by atoms with Crippen LogP contribution >= 0.6 is 0 Å². The number of nitrogens with zero attached hydrogens (tertiary/aromatic N) is 4. The molecule has 0 amide bonds. The molecule has 0 aliphatic carbocycles. The van der Waals surface area contributed by atoms with Gasteiger partial charge in [-0.1, -0.05) is 30.3 Å². The van der Waals surface area contributed by atoms with Crippen LogP contribution in [-0.4, -0.2) is 37.7 Å². The Morgan fingerprint density at radius 2 is 1.93 bits per heavy atom. The molecule has 7 heteroatoms. The third-order valence-electron chi connectivity index (χ3n) is 5.28. The number of rotatable bonds is 4. The van der Waals surface area contributed by atoms with Crippen LogP contribution in [0.3, 0.4) is 0 Å². The fourth-order valence-corrected chi connectivity index (χ4v) is 3.81. The van der Waals surface area contributed by atoms with Gasteiger partial charge in [0.25, 0.3) is 0 Å². The van der Waals surface area contributed by atoms with Crippen molar-refractivity contribution < 1.29 is 14.6 Å². The summed E-state index contributed by atoms with van der Waals surface area (Å²) in [6.07, 6.45) is 4.35. The van der Waals surface area contributed by atoms with E-state index < -0.39 is 5.97 Å². The Bertz CT molecular complexity index is 1260. The summed E-state index contributed by atoms with van der Waals surface area (Å²) in [6, 6.07) is 15.7. The minimum atomic E-state index is -1.04. The molecule has 0 unspecified atom stereocenters. The number of hydrogen-bond donors (Lipinski definition) is 1. The molecule has 0 fully saturated rings. The molecule has 1 aliphatic heterocycles. The van der Waals surface area contributed by atoms with Crippen molar-refractivity contribution in [1.82, 2.24) is 19.5 Å². The van der Waals surface area contributed by atoms with Gasteiger partial charge in [0.05, 0.1) is 24.2 Å². The van der Waals surface area contributed by atoms with Crippen LogP contribution in [0.4, 0.5) is 0 Å². The van der Waals surface area contributed by atoms with E-state index in [-0.39, 0.29) is 5.69 Å². The summed E-state index contributed by atoms with van der Waals surface area (Å²) in [5, 5.41) is 9.55. The number of para-hydroxylation sites is 1. The van der Waals surface area contributed by atoms with Gasteiger partial charge in [0.15, 0.2) is 5.69 Å². The van der Waals surface area contributed by atoms with Gasteiger partial charge in [0.2, 0.25) is 0 Å². The molecule has 1 aliphatic rings. The van der Waals surface area contributed by atoms with Crippen LogP contribution in [0.25, 0.3) is 16.9 Å². The average Bonchev–Trinajstić information content (AvgIpc) is 3.13. The lowest BCUT2D eigenvalue weighted by atomic mass is 10.0. The second kappa shape index (κ2) is 7.11. The first-order valence-electron chi connectivity index (χ1n) is 9.51. The van der Waals surface area contributed by atoms with Gasteiger partial charge < -0.3 is 14.4 Å². The Labute approximate surface area is 172 Å². The summed E-state index contributed by atoms with van der Waals surface area (Å²) in [7, 11) is 1.64. The first-order chi connectivity index (χ1) is 14.6. The van der Waals surface area contributed by atoms with Gasteiger partial charge in [0.1, 0.15) is 17.9 Å². The molecule has 0 bridgehead atoms. The normalized spacial score (nSPS) is 11.8. The minimum absolute atomic E-state index is 0.0555. The lowest BCUT2D eigenvalue weighted by Gasteiger charge is -2.10. The van der Waals surface area contributed by atoms with Crippen LogP contribution in [0.2, 0.25) is 0 Å². The van der Waals surface area contributed by atoms with E-state index in [4.69, 9.17) is 9.72 Å². The summed E-state index contributed by atoms with van der Waals surface area (Å²) < 4.78 is 7.05. The molecule has 1 N–H and O–H groups in total. The zero-order valence-electron chi connectivity index (χ0n) is 16.2. The molecule has 2 aromatic carbocycles. The molecule has 0 atom stereocenters. The third kappa shape index (κ3) is 3.00. The molecule has 30 heavy (non-hydrogen) atoms. The van der Waals surface area contributed by atoms with Crippen molar-refractivity contribution >= 4 is 5.97 Å². The highest BCUT2D eigenvalue weighted by Gasteiger charge is 2.26. The topological polar surface area (TPSA) is 90.1 Å². The first kappa shape index (κ1) is 18.1. The third-order valence-corrected chi connectivity index (χ3v) is 5.28. The van der Waals surface area contributed by atoms with Gasteiger partial charge in [0, 0.05) is 30.2 Å². The van der Waals surface area contributed by atoms with E-state index in [0.29, 0.717) is 24.4 Å². The largest absolute Gasteiger partial charge is 0.497 e. The number of carboxylic acids is 1. The fraction of sp³-hybridized carbons (Fsp3) is 0.130. The quantitative estimate of drug-likeness (QED) is 0.498. The Balaban J connectivity index is 1.60. The SMILES string of the molecule is COc1ccc(Cc2ncc3c(n2)-c2ccccc2-n2cnc(C(=O)O)c2C3)cc1. The molecule has 4 aromatic rings. The monoisotopic (exact) mass is 398 g/mol. The van der Waals surface area contributed by atoms with Crippen molar-refractivity contribution in [2.45, 2.75) is 12.8 Å². The van der Waals surface area contributed by atoms with Gasteiger partial charge in [-0.25, -0.2) is 19.7 Å². The Morgan fingerprint density at radius 3 is 2.70 bits per heavy atom. The number of methoxy groups -OCH3 is 1. The van der Waals surface area contributed by atoms with E-state index in [2.05, 4.69) is 9.97 Å². The molecule has 0 saturated carbocycles. The summed E-state index contributed by atoms with van der Waals surface area (Å²) >= 11 is 0. The molecule has 0 radical (unpaired) electrons. The molecular weight excluding hydrogens is 380 g/mol. The molecule has 2 aromatic heterocycles. The highest BCUT2D eigenvalue weighted by atomic mass is 16.5. The van der Waals surface area contributed by atoms with Crippen LogP contribution in [-0.2, 0) is 12.8 Å². The van der Waals surface area contributed by atoms with Gasteiger partial charge in [-0.3, -0.25) is 0 Å². The molecular formula is C23H18N4O3. The van der Waals surface area contributed by atoms with Crippen LogP contribution in [0, 0.1) is 0 Å². The number of benzene rings is 2. The predicted molar refractivity (Wildman–Crippen MR) is 110 cm³/mol. The smallest absolute Gasteiger partial charge is 0.356 e. The highest BCUT2D eigenvalue weighted by molar-refractivity contribution is 5.88. The summed E-state index contributed by atoms with van der Waals surface area (Å²) in [5.74, 6) is 0.471. The van der Waals surface area contributed by atoms with Crippen molar-refractivity contribution in [1.29, 1.82) is 0 Å². The van der Waals surface area contributed by atoms with Crippen LogP contribution in [0.5, 0.6) is 5.75 Å². The van der Waals surface area contributed by atoms with E-state index in [1.54, 1.807) is 19.6 Å². The first-order valence-corrected chi connectivity index (χ1v) is 9.51. The Morgan fingerprint density at radius 1 is 1.13 bits per heavy atom. The van der Waals surface area contributed by atoms with Gasteiger partial charge in [-0.15, -0.1) is 0 Å². The minimum Gasteiger partial charge on any atom is -0.497 e. The number of fused-ring (bicyclic) bond motifs is 5. The maximum atomic E-state index is 11.7. The number of ether oxygens (including phenoxy) is 1. The average molecular weight is 398 g/mol. The molecule has 3 heterocycles. The number of hydrogen-bond acceptors (Lipinski definition) is 5. The summed E-state index contributed by atoms with van der Waals surface area (Å²) in [5.41, 5.74) is 5.26. The number of aromatic carboxylic acids is 1. The zero-order chi connectivity index (χ0) is 20.7. The standard InChI is InChI=1S/C23H18N4O3/c1-30-16-8-6-14(7-9-16)10-20-24-12-15-11-19-22(23(28)29)25-13-27(19)18-5-3-2-4-17(18)21(15)26-20/h2-9,12-13H,10-11H2,1H3,(H,28,29). The second-order valence-electron chi connectivity index (χ2n) is 7.09. The predicted octanol–water partition coefficient (Wildman–Crippen LogP) is 3.53. The maximum Gasteiger partial charge on any atom is 0.356 e. The Kier molecular flexibility index (Phi) is 4.28. The number of carbonyl (C=O) groups is 1. The molecule has 0 saturated heterocycles. The van der Waals surface area contributed by atoms with E-state index >= 15 is 0 Å². The summed E-state index contributed by atoms with van der Waals surface area (Å²) in [6.45, 7) is 0. The van der Waals surface area contributed by atoms with Gasteiger partial charge in [-0.2, -0.15) is 0 Å². The van der Waals surface area contributed by atoms with Crippen LogP contribution in [0.15, 0.2) is 61.1 Å². The van der Waals surface area contributed by atoms with E-state index in [9.17, 15) is 9.90 Å². The molecule has 7 nitrogen and oxygen atoms in total. The Hall–Kier alpha value is -4.00. The number of imidazole rings is 1. The molecule has 5 rings (SSSR count). The van der Waals surface area contributed by atoms with Crippen molar-refractivity contribution in [3.05, 3.63) is 89.4 Å². The van der Waals surface area contributed by atoms with Crippen molar-refractivity contribution in [3.63, 3.8) is 0 Å². The van der Waals surface area contributed by atoms with E-state index in [1.165, 1.54) is 0 Å². The van der Waals surface area contributed by atoms with Crippen molar-refractivity contribution in [3.8, 4) is 22.7 Å². The van der Waals surface area contributed by atoms with Crippen LogP contribution < -0.4 is 4.74 Å². The number of carboxylic acid groups (broad SMARTS) is 1. The highest BCUT2D eigenvalue weighted by Crippen LogP contribution is 2.34. The molecule has 0 spiro atoms. The lowest BCUT2D eigenvalue weighted by Crippen LogP contribution is -2.06. The maximum absolute atomic E-state index is 11.7.